The second kappa shape index (κ2) is 8.99. The summed E-state index contributed by atoms with van der Waals surface area (Å²) in [5.41, 5.74) is 1.86. The van der Waals surface area contributed by atoms with Gasteiger partial charge in [-0.15, -0.1) is 11.8 Å². The number of amides is 2. The Morgan fingerprint density at radius 1 is 1.07 bits per heavy atom. The summed E-state index contributed by atoms with van der Waals surface area (Å²) >= 11 is 1.83. The lowest BCUT2D eigenvalue weighted by molar-refractivity contribution is -0.146. The van der Waals surface area contributed by atoms with Gasteiger partial charge >= 0.3 is 5.97 Å². The predicted octanol–water partition coefficient (Wildman–Crippen LogP) is 2.85. The first-order valence-electron chi connectivity index (χ1n) is 9.91. The van der Waals surface area contributed by atoms with Gasteiger partial charge in [0.25, 0.3) is 5.91 Å². The summed E-state index contributed by atoms with van der Waals surface area (Å²) in [5.74, 6) is 0.661. The molecule has 0 unspecified atom stereocenters. The molecule has 0 N–H and O–H groups in total. The molecule has 1 aromatic rings. The summed E-state index contributed by atoms with van der Waals surface area (Å²) in [6.45, 7) is 6.08. The molecule has 2 fully saturated rings. The van der Waals surface area contributed by atoms with Crippen molar-refractivity contribution in [3.05, 3.63) is 35.4 Å². The molecule has 1 spiro atoms. The molecule has 0 saturated carbocycles. The van der Waals surface area contributed by atoms with Crippen LogP contribution >= 0.6 is 11.8 Å². The van der Waals surface area contributed by atoms with Gasteiger partial charge in [0.15, 0.2) is 0 Å². The Morgan fingerprint density at radius 3 is 2.39 bits per heavy atom. The molecule has 3 rings (SSSR count). The van der Waals surface area contributed by atoms with Gasteiger partial charge in [-0.05, 0) is 38.8 Å². The van der Waals surface area contributed by atoms with Crippen molar-refractivity contribution in [2.75, 3.05) is 32.0 Å². The fourth-order valence-electron chi connectivity index (χ4n) is 3.87. The second-order valence-corrected chi connectivity index (χ2v) is 8.76. The van der Waals surface area contributed by atoms with E-state index < -0.39 is 0 Å². The van der Waals surface area contributed by atoms with Gasteiger partial charge in [0, 0.05) is 37.4 Å². The first kappa shape index (κ1) is 20.7. The molecule has 1 aromatic carbocycles. The Hall–Kier alpha value is -2.02. The molecule has 2 saturated heterocycles. The van der Waals surface area contributed by atoms with Gasteiger partial charge in [0.1, 0.15) is 0 Å². The topological polar surface area (TPSA) is 66.9 Å². The highest BCUT2D eigenvalue weighted by Gasteiger charge is 2.47. The van der Waals surface area contributed by atoms with Crippen molar-refractivity contribution >= 4 is 29.5 Å². The molecule has 0 atom stereocenters. The molecule has 2 aliphatic rings. The van der Waals surface area contributed by atoms with E-state index in [1.807, 2.05) is 52.8 Å². The largest absolute Gasteiger partial charge is 0.466 e. The average molecular weight is 405 g/mol. The van der Waals surface area contributed by atoms with E-state index >= 15 is 0 Å². The molecule has 7 heteroatoms. The number of likely N-dealkylation sites (tertiary alicyclic amines) is 1. The van der Waals surface area contributed by atoms with Crippen LogP contribution in [0.3, 0.4) is 0 Å². The zero-order chi connectivity index (χ0) is 20.1. The summed E-state index contributed by atoms with van der Waals surface area (Å²) in [7, 11) is 0. The van der Waals surface area contributed by atoms with Crippen LogP contribution in [0.1, 0.15) is 48.5 Å². The van der Waals surface area contributed by atoms with E-state index in [-0.39, 0.29) is 35.5 Å². The molecule has 2 amide bonds. The van der Waals surface area contributed by atoms with Crippen molar-refractivity contribution in [1.82, 2.24) is 9.80 Å². The van der Waals surface area contributed by atoms with E-state index in [9.17, 15) is 14.4 Å². The fraction of sp³-hybridized carbons (Fsp3) is 0.571. The zero-order valence-electron chi connectivity index (χ0n) is 16.6. The molecule has 152 valence electrons. The average Bonchev–Trinajstić information content (AvgIpc) is 3.10. The molecule has 2 heterocycles. The Labute approximate surface area is 170 Å². The van der Waals surface area contributed by atoms with Crippen LogP contribution in [-0.2, 0) is 14.3 Å². The maximum atomic E-state index is 13.1. The van der Waals surface area contributed by atoms with Crippen molar-refractivity contribution in [3.63, 3.8) is 0 Å². The number of rotatable bonds is 5. The Bertz CT molecular complexity index is 726. The summed E-state index contributed by atoms with van der Waals surface area (Å²) in [6, 6.07) is 7.71. The smallest absolute Gasteiger partial charge is 0.306 e. The molecule has 6 nitrogen and oxygen atoms in total. The minimum atomic E-state index is -0.328. The summed E-state index contributed by atoms with van der Waals surface area (Å²) in [6.07, 6.45) is 1.84. The number of thioether (sulfide) groups is 1. The first-order chi connectivity index (χ1) is 13.4. The first-order valence-corrected chi connectivity index (χ1v) is 10.9. The SMILES string of the molecule is CCOC(=O)CCC(=O)N1CCC2(CC1)SCCN2C(=O)c1ccc(C)cc1. The normalized spacial score (nSPS) is 18.4. The van der Waals surface area contributed by atoms with Gasteiger partial charge in [-0.2, -0.15) is 0 Å². The number of aryl methyl sites for hydroxylation is 1. The number of hydrogen-bond acceptors (Lipinski definition) is 5. The Balaban J connectivity index is 1.58. The monoisotopic (exact) mass is 404 g/mol. The Kier molecular flexibility index (Phi) is 6.65. The molecule has 0 aliphatic carbocycles. The quantitative estimate of drug-likeness (QED) is 0.706. The van der Waals surface area contributed by atoms with Crippen LogP contribution in [0.5, 0.6) is 0 Å². The second-order valence-electron chi connectivity index (χ2n) is 7.30. The lowest BCUT2D eigenvalue weighted by Crippen LogP contribution is -2.53. The van der Waals surface area contributed by atoms with Gasteiger partial charge in [0.05, 0.1) is 17.9 Å². The molecule has 28 heavy (non-hydrogen) atoms. The zero-order valence-corrected chi connectivity index (χ0v) is 17.4. The van der Waals surface area contributed by atoms with Crippen molar-refractivity contribution in [1.29, 1.82) is 0 Å². The summed E-state index contributed by atoms with van der Waals surface area (Å²) < 4.78 is 4.89. The van der Waals surface area contributed by atoms with Crippen molar-refractivity contribution < 1.29 is 19.1 Å². The van der Waals surface area contributed by atoms with Crippen molar-refractivity contribution in [2.45, 2.75) is 44.4 Å². The van der Waals surface area contributed by atoms with Crippen LogP contribution < -0.4 is 0 Å². The van der Waals surface area contributed by atoms with Gasteiger partial charge < -0.3 is 14.5 Å². The van der Waals surface area contributed by atoms with Gasteiger partial charge in [-0.3, -0.25) is 14.4 Å². The van der Waals surface area contributed by atoms with Gasteiger partial charge in [-0.25, -0.2) is 0 Å². The van der Waals surface area contributed by atoms with Crippen LogP contribution in [0.2, 0.25) is 0 Å². The lowest BCUT2D eigenvalue weighted by Gasteiger charge is -2.44. The standard InChI is InChI=1S/C21H28N2O4S/c1-3-27-19(25)9-8-18(24)22-12-10-21(11-13-22)23(14-15-28-21)20(26)17-6-4-16(2)5-7-17/h4-7H,3,8-15H2,1-2H3. The maximum Gasteiger partial charge on any atom is 0.306 e. The highest BCUT2D eigenvalue weighted by Crippen LogP contribution is 2.44. The van der Waals surface area contributed by atoms with Gasteiger partial charge in [0.2, 0.25) is 5.91 Å². The number of hydrogen-bond donors (Lipinski definition) is 0. The number of benzene rings is 1. The molecule has 2 aliphatic heterocycles. The third-order valence-corrected chi connectivity index (χ3v) is 7.02. The molecular weight excluding hydrogens is 376 g/mol. The lowest BCUT2D eigenvalue weighted by atomic mass is 10.00. The van der Waals surface area contributed by atoms with Crippen LogP contribution in [0.4, 0.5) is 0 Å². The predicted molar refractivity (Wildman–Crippen MR) is 109 cm³/mol. The number of esters is 1. The molecule has 0 bridgehead atoms. The third kappa shape index (κ3) is 4.51. The summed E-state index contributed by atoms with van der Waals surface area (Å²) in [5, 5.41) is 0. The Morgan fingerprint density at radius 2 is 1.75 bits per heavy atom. The number of nitrogens with zero attached hydrogens (tertiary/aromatic N) is 2. The van der Waals surface area contributed by atoms with E-state index in [1.165, 1.54) is 0 Å². The minimum absolute atomic E-state index is 0.0117. The fourth-order valence-corrected chi connectivity index (χ4v) is 5.32. The molecule has 0 aromatic heterocycles. The number of carbonyl (C=O) groups excluding carboxylic acids is 3. The van der Waals surface area contributed by atoms with Crippen LogP contribution in [-0.4, -0.2) is 64.4 Å². The van der Waals surface area contributed by atoms with Crippen LogP contribution in [0, 0.1) is 6.92 Å². The van der Waals surface area contributed by atoms with E-state index in [0.29, 0.717) is 19.7 Å². The van der Waals surface area contributed by atoms with E-state index in [1.54, 1.807) is 6.92 Å². The van der Waals surface area contributed by atoms with E-state index in [2.05, 4.69) is 0 Å². The highest BCUT2D eigenvalue weighted by atomic mass is 32.2. The summed E-state index contributed by atoms with van der Waals surface area (Å²) in [4.78, 5) is 40.5. The van der Waals surface area contributed by atoms with E-state index in [0.717, 1.165) is 36.3 Å². The van der Waals surface area contributed by atoms with Crippen molar-refractivity contribution in [2.24, 2.45) is 0 Å². The third-order valence-electron chi connectivity index (χ3n) is 5.47. The number of carbonyl (C=O) groups is 3. The van der Waals surface area contributed by atoms with Crippen LogP contribution in [0.25, 0.3) is 0 Å². The minimum Gasteiger partial charge on any atom is -0.466 e. The molecule has 0 radical (unpaired) electrons. The molecular formula is C21H28N2O4S. The maximum absolute atomic E-state index is 13.1. The van der Waals surface area contributed by atoms with E-state index in [4.69, 9.17) is 4.74 Å². The van der Waals surface area contributed by atoms with Crippen LogP contribution in [0.15, 0.2) is 24.3 Å². The van der Waals surface area contributed by atoms with Crippen molar-refractivity contribution in [3.8, 4) is 0 Å². The van der Waals surface area contributed by atoms with Gasteiger partial charge in [-0.1, -0.05) is 17.7 Å². The number of ether oxygens (including phenoxy) is 1. The highest BCUT2D eigenvalue weighted by molar-refractivity contribution is 8.00. The number of piperidine rings is 1.